The van der Waals surface area contributed by atoms with Crippen LogP contribution in [0.2, 0.25) is 0 Å². The number of hydrogen-bond acceptors (Lipinski definition) is 3. The average molecular weight is 271 g/mol. The third-order valence-electron chi connectivity index (χ3n) is 3.80. The van der Waals surface area contributed by atoms with E-state index < -0.39 is 0 Å². The molecular weight excluding hydrogens is 242 g/mol. The molecule has 5 nitrogen and oxygen atoms in total. The predicted molar refractivity (Wildman–Crippen MR) is 77.2 cm³/mol. The van der Waals surface area contributed by atoms with Crippen molar-refractivity contribution in [2.45, 2.75) is 45.6 Å². The third-order valence-corrected chi connectivity index (χ3v) is 3.80. The number of carbonyl (C=O) groups is 1. The molecule has 0 aromatic heterocycles. The molecule has 1 aliphatic heterocycles. The number of carbonyl (C=O) groups excluding carboxylic acids is 1. The van der Waals surface area contributed by atoms with Crippen LogP contribution < -0.4 is 10.6 Å². The van der Waals surface area contributed by atoms with Gasteiger partial charge in [0.15, 0.2) is 0 Å². The summed E-state index contributed by atoms with van der Waals surface area (Å²) in [7, 11) is 2.11. The van der Waals surface area contributed by atoms with E-state index in [0.717, 1.165) is 38.8 Å². The van der Waals surface area contributed by atoms with Gasteiger partial charge in [0, 0.05) is 19.2 Å². The summed E-state index contributed by atoms with van der Waals surface area (Å²) in [6.45, 7) is 7.03. The monoisotopic (exact) mass is 271 g/mol. The summed E-state index contributed by atoms with van der Waals surface area (Å²) >= 11 is 0. The Morgan fingerprint density at radius 3 is 2.58 bits per heavy atom. The van der Waals surface area contributed by atoms with Crippen LogP contribution in [0.4, 0.5) is 4.79 Å². The van der Waals surface area contributed by atoms with Crippen molar-refractivity contribution in [2.24, 2.45) is 5.41 Å². The number of nitrogens with one attached hydrogen (secondary N) is 2. The quantitative estimate of drug-likeness (QED) is 0.636. The molecule has 0 radical (unpaired) electrons. The zero-order chi connectivity index (χ0) is 14.3. The Morgan fingerprint density at radius 2 is 2.00 bits per heavy atom. The van der Waals surface area contributed by atoms with E-state index in [1.165, 1.54) is 0 Å². The van der Waals surface area contributed by atoms with Gasteiger partial charge in [0.1, 0.15) is 0 Å². The fourth-order valence-electron chi connectivity index (χ4n) is 2.24. The Bertz CT molecular complexity index is 274. The van der Waals surface area contributed by atoms with Gasteiger partial charge in [-0.1, -0.05) is 13.8 Å². The molecule has 0 aromatic carbocycles. The van der Waals surface area contributed by atoms with Gasteiger partial charge >= 0.3 is 6.03 Å². The van der Waals surface area contributed by atoms with E-state index in [2.05, 4.69) is 22.6 Å². The van der Waals surface area contributed by atoms with Gasteiger partial charge in [-0.25, -0.2) is 4.79 Å². The second-order valence-electron chi connectivity index (χ2n) is 6.40. The molecule has 1 heterocycles. The Kier molecular flexibility index (Phi) is 6.58. The number of amides is 2. The lowest BCUT2D eigenvalue weighted by Crippen LogP contribution is -2.47. The molecule has 3 N–H and O–H groups in total. The van der Waals surface area contributed by atoms with Crippen LogP contribution in [0.1, 0.15) is 39.5 Å². The van der Waals surface area contributed by atoms with Crippen LogP contribution in [0.15, 0.2) is 0 Å². The summed E-state index contributed by atoms with van der Waals surface area (Å²) < 4.78 is 0. The van der Waals surface area contributed by atoms with Crippen LogP contribution >= 0.6 is 0 Å². The number of aliphatic hydroxyl groups is 1. The number of rotatable bonds is 6. The minimum atomic E-state index is -0.0589. The molecule has 1 rings (SSSR count). The maximum absolute atomic E-state index is 11.7. The smallest absolute Gasteiger partial charge is 0.315 e. The highest BCUT2D eigenvalue weighted by molar-refractivity contribution is 5.74. The molecule has 0 saturated carbocycles. The molecular formula is C14H29N3O2. The lowest BCUT2D eigenvalue weighted by atomic mass is 9.89. The number of urea groups is 1. The Hall–Kier alpha value is -0.810. The SMILES string of the molecule is CN1CCC(NC(=O)NCCCC(C)(C)CO)CC1. The summed E-state index contributed by atoms with van der Waals surface area (Å²) in [5.74, 6) is 0. The van der Waals surface area contributed by atoms with Gasteiger partial charge in [-0.05, 0) is 51.2 Å². The second kappa shape index (κ2) is 7.70. The van der Waals surface area contributed by atoms with Gasteiger partial charge in [0.25, 0.3) is 0 Å². The zero-order valence-electron chi connectivity index (χ0n) is 12.5. The van der Waals surface area contributed by atoms with Crippen LogP contribution in [-0.4, -0.2) is 55.4 Å². The van der Waals surface area contributed by atoms with Crippen molar-refractivity contribution in [3.05, 3.63) is 0 Å². The van der Waals surface area contributed by atoms with Gasteiger partial charge < -0.3 is 20.6 Å². The minimum Gasteiger partial charge on any atom is -0.396 e. The summed E-state index contributed by atoms with van der Waals surface area (Å²) in [5.41, 5.74) is -0.0495. The average Bonchev–Trinajstić information content (AvgIpc) is 2.38. The number of hydrogen-bond donors (Lipinski definition) is 3. The van der Waals surface area contributed by atoms with E-state index in [0.29, 0.717) is 12.6 Å². The second-order valence-corrected chi connectivity index (χ2v) is 6.40. The molecule has 19 heavy (non-hydrogen) atoms. The molecule has 1 fully saturated rings. The Labute approximate surface area is 116 Å². The lowest BCUT2D eigenvalue weighted by Gasteiger charge is -2.29. The van der Waals surface area contributed by atoms with Crippen molar-refractivity contribution in [1.82, 2.24) is 15.5 Å². The van der Waals surface area contributed by atoms with Crippen LogP contribution in [0.25, 0.3) is 0 Å². The molecule has 0 unspecified atom stereocenters. The highest BCUT2D eigenvalue weighted by Gasteiger charge is 2.18. The molecule has 1 saturated heterocycles. The lowest BCUT2D eigenvalue weighted by molar-refractivity contribution is 0.148. The minimum absolute atomic E-state index is 0.0495. The summed E-state index contributed by atoms with van der Waals surface area (Å²) in [6, 6.07) is 0.251. The molecule has 5 heteroatoms. The van der Waals surface area contributed by atoms with Crippen molar-refractivity contribution in [1.29, 1.82) is 0 Å². The molecule has 0 atom stereocenters. The molecule has 0 spiro atoms. The predicted octanol–water partition coefficient (Wildman–Crippen LogP) is 1.18. The van der Waals surface area contributed by atoms with Crippen molar-refractivity contribution in [2.75, 3.05) is 33.3 Å². The Morgan fingerprint density at radius 1 is 1.37 bits per heavy atom. The van der Waals surface area contributed by atoms with Crippen molar-refractivity contribution >= 4 is 6.03 Å². The molecule has 2 amide bonds. The van der Waals surface area contributed by atoms with Crippen molar-refractivity contribution in [3.8, 4) is 0 Å². The first kappa shape index (κ1) is 16.2. The van der Waals surface area contributed by atoms with Crippen LogP contribution in [0.3, 0.4) is 0 Å². The molecule has 0 aliphatic carbocycles. The van der Waals surface area contributed by atoms with Gasteiger partial charge in [-0.3, -0.25) is 0 Å². The fourth-order valence-corrected chi connectivity index (χ4v) is 2.24. The van der Waals surface area contributed by atoms with Gasteiger partial charge in [0.2, 0.25) is 0 Å². The largest absolute Gasteiger partial charge is 0.396 e. The first-order chi connectivity index (χ1) is 8.93. The maximum Gasteiger partial charge on any atom is 0.315 e. The van der Waals surface area contributed by atoms with Gasteiger partial charge in [-0.15, -0.1) is 0 Å². The summed E-state index contributed by atoms with van der Waals surface area (Å²) in [6.07, 6.45) is 3.87. The van der Waals surface area contributed by atoms with E-state index >= 15 is 0 Å². The summed E-state index contributed by atoms with van der Waals surface area (Å²) in [5, 5.41) is 15.1. The molecule has 1 aliphatic rings. The maximum atomic E-state index is 11.7. The highest BCUT2D eigenvalue weighted by atomic mass is 16.3. The molecule has 0 aromatic rings. The van der Waals surface area contributed by atoms with Gasteiger partial charge in [0.05, 0.1) is 0 Å². The number of aliphatic hydroxyl groups excluding tert-OH is 1. The van der Waals surface area contributed by atoms with Crippen LogP contribution in [-0.2, 0) is 0 Å². The topological polar surface area (TPSA) is 64.6 Å². The van der Waals surface area contributed by atoms with E-state index in [9.17, 15) is 4.79 Å². The van der Waals surface area contributed by atoms with E-state index in [-0.39, 0.29) is 18.1 Å². The highest BCUT2D eigenvalue weighted by Crippen LogP contribution is 2.20. The van der Waals surface area contributed by atoms with E-state index in [1.54, 1.807) is 0 Å². The zero-order valence-corrected chi connectivity index (χ0v) is 12.5. The summed E-state index contributed by atoms with van der Waals surface area (Å²) in [4.78, 5) is 14.0. The standard InChI is InChI=1S/C14H29N3O2/c1-14(2,11-18)7-4-8-15-13(19)16-12-5-9-17(3)10-6-12/h12,18H,4-11H2,1-3H3,(H2,15,16,19). The van der Waals surface area contributed by atoms with Crippen molar-refractivity contribution < 1.29 is 9.90 Å². The van der Waals surface area contributed by atoms with E-state index in [4.69, 9.17) is 5.11 Å². The molecule has 0 bridgehead atoms. The number of nitrogens with zero attached hydrogens (tertiary/aromatic N) is 1. The van der Waals surface area contributed by atoms with Crippen LogP contribution in [0.5, 0.6) is 0 Å². The third kappa shape index (κ3) is 6.78. The van der Waals surface area contributed by atoms with E-state index in [1.807, 2.05) is 13.8 Å². The number of piperidine rings is 1. The fraction of sp³-hybridized carbons (Fsp3) is 0.929. The first-order valence-corrected chi connectivity index (χ1v) is 7.27. The van der Waals surface area contributed by atoms with Crippen molar-refractivity contribution in [3.63, 3.8) is 0 Å². The normalized spacial score (nSPS) is 18.3. The first-order valence-electron chi connectivity index (χ1n) is 7.27. The van der Waals surface area contributed by atoms with Gasteiger partial charge in [-0.2, -0.15) is 0 Å². The Balaban J connectivity index is 2.08. The van der Waals surface area contributed by atoms with Crippen LogP contribution in [0, 0.1) is 5.41 Å². The number of likely N-dealkylation sites (tertiary alicyclic amines) is 1. The molecule has 112 valence electrons.